The van der Waals surface area contributed by atoms with Crippen LogP contribution in [-0.4, -0.2) is 29.1 Å². The molecule has 1 aliphatic heterocycles. The molecule has 2 heterocycles. The number of piperidine rings is 1. The SMILES string of the molecule is CC(C)(C)Cc1cc(NC2CCCNC2)ncn1. The number of anilines is 1. The average molecular weight is 248 g/mol. The summed E-state index contributed by atoms with van der Waals surface area (Å²) in [6.07, 6.45) is 5.09. The van der Waals surface area contributed by atoms with Crippen molar-refractivity contribution in [1.82, 2.24) is 15.3 Å². The fraction of sp³-hybridized carbons (Fsp3) is 0.714. The Morgan fingerprint density at radius 2 is 2.22 bits per heavy atom. The lowest BCUT2D eigenvalue weighted by molar-refractivity contribution is 0.406. The van der Waals surface area contributed by atoms with Crippen molar-refractivity contribution < 1.29 is 0 Å². The van der Waals surface area contributed by atoms with E-state index in [1.165, 1.54) is 12.8 Å². The average Bonchev–Trinajstić information content (AvgIpc) is 2.28. The highest BCUT2D eigenvalue weighted by atomic mass is 15.1. The third kappa shape index (κ3) is 4.26. The third-order valence-electron chi connectivity index (χ3n) is 3.08. The van der Waals surface area contributed by atoms with Crippen molar-refractivity contribution in [3.63, 3.8) is 0 Å². The molecule has 0 bridgehead atoms. The van der Waals surface area contributed by atoms with Crippen molar-refractivity contribution in [2.75, 3.05) is 18.4 Å². The van der Waals surface area contributed by atoms with Crippen molar-refractivity contribution in [3.8, 4) is 0 Å². The van der Waals surface area contributed by atoms with Crippen LogP contribution in [0, 0.1) is 5.41 Å². The number of nitrogens with one attached hydrogen (secondary N) is 2. The molecular weight excluding hydrogens is 224 g/mol. The van der Waals surface area contributed by atoms with E-state index in [-0.39, 0.29) is 5.41 Å². The van der Waals surface area contributed by atoms with E-state index in [1.807, 2.05) is 0 Å². The molecule has 18 heavy (non-hydrogen) atoms. The molecule has 0 amide bonds. The predicted octanol–water partition coefficient (Wildman–Crippen LogP) is 2.23. The van der Waals surface area contributed by atoms with Crippen LogP contribution in [0.4, 0.5) is 5.82 Å². The number of hydrogen-bond donors (Lipinski definition) is 2. The van der Waals surface area contributed by atoms with Gasteiger partial charge in [0.05, 0.1) is 0 Å². The van der Waals surface area contributed by atoms with Gasteiger partial charge in [-0.2, -0.15) is 0 Å². The minimum Gasteiger partial charge on any atom is -0.366 e. The van der Waals surface area contributed by atoms with E-state index >= 15 is 0 Å². The Morgan fingerprint density at radius 1 is 1.39 bits per heavy atom. The van der Waals surface area contributed by atoms with Crippen molar-refractivity contribution in [2.24, 2.45) is 5.41 Å². The summed E-state index contributed by atoms with van der Waals surface area (Å²) in [5.41, 5.74) is 1.38. The summed E-state index contributed by atoms with van der Waals surface area (Å²) >= 11 is 0. The van der Waals surface area contributed by atoms with Crippen molar-refractivity contribution >= 4 is 5.82 Å². The van der Waals surface area contributed by atoms with E-state index in [0.29, 0.717) is 6.04 Å². The summed E-state index contributed by atoms with van der Waals surface area (Å²) in [6.45, 7) is 8.85. The van der Waals surface area contributed by atoms with E-state index in [1.54, 1.807) is 6.33 Å². The molecule has 1 unspecified atom stereocenters. The zero-order valence-electron chi connectivity index (χ0n) is 11.7. The molecule has 4 nitrogen and oxygen atoms in total. The maximum absolute atomic E-state index is 4.35. The highest BCUT2D eigenvalue weighted by Crippen LogP contribution is 2.20. The molecule has 4 heteroatoms. The Hall–Kier alpha value is -1.16. The molecule has 0 aliphatic carbocycles. The van der Waals surface area contributed by atoms with Gasteiger partial charge in [0, 0.05) is 24.3 Å². The van der Waals surface area contributed by atoms with Gasteiger partial charge in [-0.15, -0.1) is 0 Å². The number of rotatable bonds is 3. The molecule has 0 radical (unpaired) electrons. The molecule has 100 valence electrons. The summed E-state index contributed by atoms with van der Waals surface area (Å²) in [5.74, 6) is 0.956. The molecule has 0 spiro atoms. The Bertz CT molecular complexity index is 378. The highest BCUT2D eigenvalue weighted by molar-refractivity contribution is 5.36. The van der Waals surface area contributed by atoms with E-state index in [0.717, 1.165) is 31.0 Å². The van der Waals surface area contributed by atoms with E-state index in [4.69, 9.17) is 0 Å². The van der Waals surface area contributed by atoms with Crippen molar-refractivity contribution in [3.05, 3.63) is 18.1 Å². The molecule has 2 N–H and O–H groups in total. The van der Waals surface area contributed by atoms with Crippen LogP contribution in [0.25, 0.3) is 0 Å². The molecule has 1 saturated heterocycles. The number of nitrogens with zero attached hydrogens (tertiary/aromatic N) is 2. The lowest BCUT2D eigenvalue weighted by atomic mass is 9.90. The minimum atomic E-state index is 0.262. The second-order valence-electron chi connectivity index (χ2n) is 6.32. The third-order valence-corrected chi connectivity index (χ3v) is 3.08. The molecule has 1 atom stereocenters. The fourth-order valence-corrected chi connectivity index (χ4v) is 2.30. The highest BCUT2D eigenvalue weighted by Gasteiger charge is 2.15. The van der Waals surface area contributed by atoms with Gasteiger partial charge < -0.3 is 10.6 Å². The van der Waals surface area contributed by atoms with E-state index in [2.05, 4.69) is 47.4 Å². The monoisotopic (exact) mass is 248 g/mol. The van der Waals surface area contributed by atoms with Gasteiger partial charge in [-0.05, 0) is 31.2 Å². The quantitative estimate of drug-likeness (QED) is 0.861. The minimum absolute atomic E-state index is 0.262. The van der Waals surface area contributed by atoms with Gasteiger partial charge in [-0.1, -0.05) is 20.8 Å². The second kappa shape index (κ2) is 5.65. The fourth-order valence-electron chi connectivity index (χ4n) is 2.30. The van der Waals surface area contributed by atoms with Crippen LogP contribution in [0.3, 0.4) is 0 Å². The van der Waals surface area contributed by atoms with Crippen LogP contribution >= 0.6 is 0 Å². The molecule has 1 aromatic rings. The first-order valence-corrected chi connectivity index (χ1v) is 6.81. The summed E-state index contributed by atoms with van der Waals surface area (Å²) < 4.78 is 0. The second-order valence-corrected chi connectivity index (χ2v) is 6.32. The maximum Gasteiger partial charge on any atom is 0.129 e. The van der Waals surface area contributed by atoms with Gasteiger partial charge in [0.1, 0.15) is 12.1 Å². The maximum atomic E-state index is 4.35. The molecule has 2 rings (SSSR count). The molecule has 1 fully saturated rings. The van der Waals surface area contributed by atoms with Gasteiger partial charge in [0.25, 0.3) is 0 Å². The zero-order chi connectivity index (χ0) is 13.0. The van der Waals surface area contributed by atoms with E-state index in [9.17, 15) is 0 Å². The lowest BCUT2D eigenvalue weighted by Crippen LogP contribution is -2.38. The predicted molar refractivity (Wildman–Crippen MR) is 74.7 cm³/mol. The molecule has 1 aliphatic rings. The first kappa shape index (κ1) is 13.3. The number of hydrogen-bond acceptors (Lipinski definition) is 4. The van der Waals surface area contributed by atoms with Gasteiger partial charge in [0.2, 0.25) is 0 Å². The molecule has 1 aromatic heterocycles. The smallest absolute Gasteiger partial charge is 0.129 e. The lowest BCUT2D eigenvalue weighted by Gasteiger charge is -2.24. The van der Waals surface area contributed by atoms with Crippen LogP contribution in [0.5, 0.6) is 0 Å². The van der Waals surface area contributed by atoms with Crippen LogP contribution in [-0.2, 0) is 6.42 Å². The van der Waals surface area contributed by atoms with E-state index < -0.39 is 0 Å². The molecule has 0 saturated carbocycles. The van der Waals surface area contributed by atoms with Crippen LogP contribution in [0.1, 0.15) is 39.3 Å². The summed E-state index contributed by atoms with van der Waals surface area (Å²) in [6, 6.07) is 2.58. The number of aromatic nitrogens is 2. The van der Waals surface area contributed by atoms with Crippen LogP contribution < -0.4 is 10.6 Å². The molecule has 0 aromatic carbocycles. The molecular formula is C14H24N4. The van der Waals surface area contributed by atoms with Crippen LogP contribution in [0.15, 0.2) is 12.4 Å². The Balaban J connectivity index is 1.98. The van der Waals surface area contributed by atoms with Crippen molar-refractivity contribution in [2.45, 2.75) is 46.1 Å². The van der Waals surface area contributed by atoms with Gasteiger partial charge in [-0.25, -0.2) is 9.97 Å². The zero-order valence-corrected chi connectivity index (χ0v) is 11.7. The first-order valence-electron chi connectivity index (χ1n) is 6.81. The largest absolute Gasteiger partial charge is 0.366 e. The Labute approximate surface area is 110 Å². The standard InChI is InChI=1S/C14H24N4/c1-14(2,3)8-12-7-13(17-10-16-12)18-11-5-4-6-15-9-11/h7,10-11,15H,4-6,8-9H2,1-3H3,(H,16,17,18). The van der Waals surface area contributed by atoms with Crippen LogP contribution in [0.2, 0.25) is 0 Å². The first-order chi connectivity index (χ1) is 8.53. The van der Waals surface area contributed by atoms with Crippen molar-refractivity contribution in [1.29, 1.82) is 0 Å². The Kier molecular flexibility index (Phi) is 4.17. The summed E-state index contributed by atoms with van der Waals surface area (Å²) in [7, 11) is 0. The normalized spacial score (nSPS) is 20.7. The summed E-state index contributed by atoms with van der Waals surface area (Å²) in [4.78, 5) is 8.66. The van der Waals surface area contributed by atoms with Gasteiger partial charge in [-0.3, -0.25) is 0 Å². The Morgan fingerprint density at radius 3 is 2.89 bits per heavy atom. The van der Waals surface area contributed by atoms with Gasteiger partial charge >= 0.3 is 0 Å². The summed E-state index contributed by atoms with van der Waals surface area (Å²) in [5, 5.41) is 6.90. The van der Waals surface area contributed by atoms with Gasteiger partial charge in [0.15, 0.2) is 0 Å². The topological polar surface area (TPSA) is 49.8 Å².